The third kappa shape index (κ3) is 3.71. The van der Waals surface area contributed by atoms with E-state index in [9.17, 15) is 4.79 Å². The summed E-state index contributed by atoms with van der Waals surface area (Å²) in [7, 11) is 5.74. The molecule has 0 N–H and O–H groups in total. The van der Waals surface area contributed by atoms with E-state index in [0.717, 1.165) is 22.5 Å². The Morgan fingerprint density at radius 2 is 2.08 bits per heavy atom. The molecule has 0 fully saturated rings. The average Bonchev–Trinajstić information content (AvgIpc) is 3.21. The van der Waals surface area contributed by atoms with Gasteiger partial charge in [0, 0.05) is 26.3 Å². The number of rotatable bonds is 7. The monoisotopic (exact) mass is 373 g/mol. The van der Waals surface area contributed by atoms with Crippen molar-refractivity contribution in [3.05, 3.63) is 36.2 Å². The number of likely N-dealkylation sites (N-methyl/N-ethyl adjacent to an activating group) is 1. The Labute approximate surface area is 156 Å². The maximum absolute atomic E-state index is 13.1. The van der Waals surface area contributed by atoms with Crippen molar-refractivity contribution in [2.75, 3.05) is 38.7 Å². The largest absolute Gasteiger partial charge is 0.492 e. The molecule has 0 bridgehead atoms. The maximum atomic E-state index is 13.1. The Balaban J connectivity index is 2.01. The molecule has 0 saturated heterocycles. The summed E-state index contributed by atoms with van der Waals surface area (Å²) in [6, 6.07) is 7.58. The number of carbonyl (C=O) groups excluding carboxylic acids is 1. The minimum atomic E-state index is -0.108. The SMILES string of the molecule is CCOc1cccc2sc(N(CCN(C)C)C(=O)c3ccnn3C)nc12. The van der Waals surface area contributed by atoms with Crippen molar-refractivity contribution in [2.45, 2.75) is 6.92 Å². The molecule has 3 rings (SSSR count). The number of hydrogen-bond donors (Lipinski definition) is 0. The molecule has 138 valence electrons. The first kappa shape index (κ1) is 18.3. The topological polar surface area (TPSA) is 63.5 Å². The van der Waals surface area contributed by atoms with Crippen LogP contribution in [0.5, 0.6) is 5.75 Å². The van der Waals surface area contributed by atoms with E-state index in [-0.39, 0.29) is 5.91 Å². The van der Waals surface area contributed by atoms with Crippen molar-refractivity contribution >= 4 is 32.6 Å². The minimum Gasteiger partial charge on any atom is -0.492 e. The molecule has 0 aliphatic carbocycles. The van der Waals surface area contributed by atoms with E-state index in [2.05, 4.69) is 5.10 Å². The number of para-hydroxylation sites is 1. The first-order valence-corrected chi connectivity index (χ1v) is 9.30. The Bertz CT molecular complexity index is 902. The highest BCUT2D eigenvalue weighted by atomic mass is 32.1. The lowest BCUT2D eigenvalue weighted by atomic mass is 10.3. The molecule has 0 radical (unpaired) electrons. The smallest absolute Gasteiger partial charge is 0.278 e. The molecule has 2 heterocycles. The summed E-state index contributed by atoms with van der Waals surface area (Å²) in [5, 5.41) is 4.78. The molecule has 3 aromatic rings. The molecule has 0 aliphatic rings. The molecular formula is C18H23N5O2S. The Kier molecular flexibility index (Phi) is 5.53. The standard InChI is InChI=1S/C18H23N5O2S/c1-5-25-14-7-6-8-15-16(14)20-18(26-15)23(12-11-21(2)3)17(24)13-9-10-19-22(13)4/h6-10H,5,11-12H2,1-4H3. The minimum absolute atomic E-state index is 0.108. The quantitative estimate of drug-likeness (QED) is 0.637. The summed E-state index contributed by atoms with van der Waals surface area (Å²) >= 11 is 1.49. The van der Waals surface area contributed by atoms with E-state index in [0.29, 0.717) is 24.0 Å². The van der Waals surface area contributed by atoms with Crippen LogP contribution in [-0.2, 0) is 7.05 Å². The summed E-state index contributed by atoms with van der Waals surface area (Å²) in [5.41, 5.74) is 1.33. The van der Waals surface area contributed by atoms with Gasteiger partial charge in [0.25, 0.3) is 5.91 Å². The summed E-state index contributed by atoms with van der Waals surface area (Å²) < 4.78 is 8.27. The molecule has 8 heteroatoms. The molecule has 0 spiro atoms. The van der Waals surface area contributed by atoms with Gasteiger partial charge in [0.05, 0.1) is 11.3 Å². The zero-order chi connectivity index (χ0) is 18.7. The normalized spacial score (nSPS) is 11.3. The van der Waals surface area contributed by atoms with Gasteiger partial charge >= 0.3 is 0 Å². The summed E-state index contributed by atoms with van der Waals surface area (Å²) in [5.74, 6) is 0.636. The summed E-state index contributed by atoms with van der Waals surface area (Å²) in [6.45, 7) is 3.80. The average molecular weight is 373 g/mol. The number of fused-ring (bicyclic) bond motifs is 1. The molecule has 26 heavy (non-hydrogen) atoms. The van der Waals surface area contributed by atoms with Crippen molar-refractivity contribution in [3.63, 3.8) is 0 Å². The molecular weight excluding hydrogens is 350 g/mol. The predicted molar refractivity (Wildman–Crippen MR) is 104 cm³/mol. The van der Waals surface area contributed by atoms with E-state index in [1.807, 2.05) is 44.1 Å². The van der Waals surface area contributed by atoms with Crippen molar-refractivity contribution in [2.24, 2.45) is 7.05 Å². The van der Waals surface area contributed by atoms with E-state index >= 15 is 0 Å². The van der Waals surface area contributed by atoms with Crippen molar-refractivity contribution in [3.8, 4) is 5.75 Å². The lowest BCUT2D eigenvalue weighted by Crippen LogP contribution is -2.37. The number of benzene rings is 1. The highest BCUT2D eigenvalue weighted by Crippen LogP contribution is 2.34. The van der Waals surface area contributed by atoms with Crippen LogP contribution in [0.1, 0.15) is 17.4 Å². The number of anilines is 1. The highest BCUT2D eigenvalue weighted by molar-refractivity contribution is 7.22. The maximum Gasteiger partial charge on any atom is 0.278 e. The van der Waals surface area contributed by atoms with Gasteiger partial charge < -0.3 is 9.64 Å². The van der Waals surface area contributed by atoms with E-state index in [1.54, 1.807) is 28.9 Å². The fourth-order valence-electron chi connectivity index (χ4n) is 2.61. The fourth-order valence-corrected chi connectivity index (χ4v) is 3.61. The summed E-state index contributed by atoms with van der Waals surface area (Å²) in [6.07, 6.45) is 1.63. The first-order chi connectivity index (χ1) is 12.5. The zero-order valence-corrected chi connectivity index (χ0v) is 16.3. The number of nitrogens with zero attached hydrogens (tertiary/aromatic N) is 5. The van der Waals surface area contributed by atoms with Crippen LogP contribution in [0.15, 0.2) is 30.5 Å². The van der Waals surface area contributed by atoms with Gasteiger partial charge in [-0.1, -0.05) is 17.4 Å². The Morgan fingerprint density at radius 1 is 1.27 bits per heavy atom. The number of ether oxygens (including phenoxy) is 1. The highest BCUT2D eigenvalue weighted by Gasteiger charge is 2.24. The van der Waals surface area contributed by atoms with Crippen LogP contribution in [0, 0.1) is 0 Å². The second-order valence-corrected chi connectivity index (χ2v) is 7.14. The second kappa shape index (κ2) is 7.84. The van der Waals surface area contributed by atoms with Crippen LogP contribution < -0.4 is 9.64 Å². The zero-order valence-electron chi connectivity index (χ0n) is 15.5. The Hall–Kier alpha value is -2.45. The number of amides is 1. The fraction of sp³-hybridized carbons (Fsp3) is 0.389. The molecule has 0 aliphatic heterocycles. The van der Waals surface area contributed by atoms with Gasteiger partial charge in [0.15, 0.2) is 5.13 Å². The van der Waals surface area contributed by atoms with Crippen molar-refractivity contribution < 1.29 is 9.53 Å². The molecule has 0 saturated carbocycles. The number of hydrogen-bond acceptors (Lipinski definition) is 6. The van der Waals surface area contributed by atoms with Crippen molar-refractivity contribution in [1.29, 1.82) is 0 Å². The first-order valence-electron chi connectivity index (χ1n) is 8.48. The van der Waals surface area contributed by atoms with E-state index in [4.69, 9.17) is 9.72 Å². The van der Waals surface area contributed by atoms with Crippen LogP contribution >= 0.6 is 11.3 Å². The van der Waals surface area contributed by atoms with Crippen LogP contribution in [0.3, 0.4) is 0 Å². The lowest BCUT2D eigenvalue weighted by Gasteiger charge is -2.21. The molecule has 7 nitrogen and oxygen atoms in total. The predicted octanol–water partition coefficient (Wildman–Crippen LogP) is 2.64. The Morgan fingerprint density at radius 3 is 2.73 bits per heavy atom. The molecule has 0 atom stereocenters. The van der Waals surface area contributed by atoms with Gasteiger partial charge in [-0.3, -0.25) is 14.4 Å². The number of aromatic nitrogens is 3. The van der Waals surface area contributed by atoms with Crippen LogP contribution in [0.4, 0.5) is 5.13 Å². The number of thiazole rings is 1. The molecule has 1 aromatic carbocycles. The van der Waals surface area contributed by atoms with Gasteiger partial charge in [-0.05, 0) is 39.2 Å². The van der Waals surface area contributed by atoms with E-state index in [1.165, 1.54) is 11.3 Å². The lowest BCUT2D eigenvalue weighted by molar-refractivity contribution is 0.0976. The molecule has 0 unspecified atom stereocenters. The second-order valence-electron chi connectivity index (χ2n) is 6.13. The third-order valence-corrected chi connectivity index (χ3v) is 5.00. The van der Waals surface area contributed by atoms with Gasteiger partial charge in [-0.25, -0.2) is 4.98 Å². The van der Waals surface area contributed by atoms with Crippen LogP contribution in [0.25, 0.3) is 10.2 Å². The van der Waals surface area contributed by atoms with E-state index < -0.39 is 0 Å². The summed E-state index contributed by atoms with van der Waals surface area (Å²) in [4.78, 5) is 21.6. The van der Waals surface area contributed by atoms with Gasteiger partial charge in [-0.15, -0.1) is 0 Å². The van der Waals surface area contributed by atoms with Gasteiger partial charge in [0.2, 0.25) is 0 Å². The molecule has 2 aromatic heterocycles. The van der Waals surface area contributed by atoms with Gasteiger partial charge in [-0.2, -0.15) is 5.10 Å². The molecule has 1 amide bonds. The van der Waals surface area contributed by atoms with Crippen LogP contribution in [-0.4, -0.2) is 59.4 Å². The van der Waals surface area contributed by atoms with Gasteiger partial charge in [0.1, 0.15) is 17.0 Å². The van der Waals surface area contributed by atoms with Crippen molar-refractivity contribution in [1.82, 2.24) is 19.7 Å². The number of aryl methyl sites for hydroxylation is 1. The van der Waals surface area contributed by atoms with Crippen LogP contribution in [0.2, 0.25) is 0 Å². The third-order valence-electron chi connectivity index (χ3n) is 3.96. The number of carbonyl (C=O) groups is 1.